The van der Waals surface area contributed by atoms with Crippen LogP contribution in [0.4, 0.5) is 5.13 Å². The summed E-state index contributed by atoms with van der Waals surface area (Å²) in [7, 11) is 0. The van der Waals surface area contributed by atoms with Gasteiger partial charge in [-0.25, -0.2) is 4.98 Å². The highest BCUT2D eigenvalue weighted by Gasteiger charge is 2.35. The molecule has 1 heterocycles. The van der Waals surface area contributed by atoms with Crippen molar-refractivity contribution in [1.29, 1.82) is 0 Å². The molecule has 0 radical (unpaired) electrons. The summed E-state index contributed by atoms with van der Waals surface area (Å²) in [5, 5.41) is 5.38. The van der Waals surface area contributed by atoms with Gasteiger partial charge < -0.3 is 11.1 Å². The predicted octanol–water partition coefficient (Wildman–Crippen LogP) is 2.47. The van der Waals surface area contributed by atoms with Gasteiger partial charge in [-0.3, -0.25) is 4.79 Å². The van der Waals surface area contributed by atoms with Crippen molar-refractivity contribution >= 4 is 34.8 Å². The predicted molar refractivity (Wildman–Crippen MR) is 72.7 cm³/mol. The van der Waals surface area contributed by atoms with Crippen molar-refractivity contribution in [3.63, 3.8) is 0 Å². The largest absolute Gasteiger partial charge is 0.317 e. The normalized spacial score (nSPS) is 18.2. The average molecular weight is 276 g/mol. The topological polar surface area (TPSA) is 68.0 Å². The maximum absolute atomic E-state index is 12.0. The second-order valence-corrected chi connectivity index (χ2v) is 5.32. The van der Waals surface area contributed by atoms with E-state index in [-0.39, 0.29) is 18.3 Å². The van der Waals surface area contributed by atoms with E-state index in [9.17, 15) is 4.79 Å². The van der Waals surface area contributed by atoms with Crippen LogP contribution in [0.5, 0.6) is 0 Å². The Morgan fingerprint density at radius 2 is 2.12 bits per heavy atom. The van der Waals surface area contributed by atoms with Crippen LogP contribution in [-0.4, -0.2) is 16.4 Å². The number of hydrogen-bond acceptors (Lipinski definition) is 4. The van der Waals surface area contributed by atoms with Crippen LogP contribution >= 0.6 is 23.7 Å². The molecule has 1 saturated carbocycles. The zero-order chi connectivity index (χ0) is 11.6. The maximum Gasteiger partial charge on any atom is 0.246 e. The van der Waals surface area contributed by atoms with Crippen LogP contribution < -0.4 is 11.1 Å². The van der Waals surface area contributed by atoms with Gasteiger partial charge in [0.2, 0.25) is 5.91 Å². The van der Waals surface area contributed by atoms with E-state index in [1.165, 1.54) is 17.8 Å². The van der Waals surface area contributed by atoms with E-state index in [4.69, 9.17) is 5.73 Å². The molecular formula is C11H18ClN3OS. The van der Waals surface area contributed by atoms with E-state index in [0.717, 1.165) is 31.4 Å². The van der Waals surface area contributed by atoms with Crippen molar-refractivity contribution in [3.8, 4) is 0 Å². The number of halogens is 1. The molecule has 0 aliphatic heterocycles. The number of rotatable bonds is 2. The highest BCUT2D eigenvalue weighted by molar-refractivity contribution is 7.13. The number of carbonyl (C=O) groups excluding carboxylic acids is 1. The fourth-order valence-corrected chi connectivity index (χ4v) is 2.73. The molecule has 0 saturated heterocycles. The van der Waals surface area contributed by atoms with E-state index in [0.29, 0.717) is 5.13 Å². The van der Waals surface area contributed by atoms with Gasteiger partial charge in [0.15, 0.2) is 5.13 Å². The Morgan fingerprint density at radius 1 is 1.47 bits per heavy atom. The van der Waals surface area contributed by atoms with Crippen LogP contribution in [-0.2, 0) is 4.79 Å². The van der Waals surface area contributed by atoms with Crippen molar-refractivity contribution in [2.24, 2.45) is 5.73 Å². The highest BCUT2D eigenvalue weighted by Crippen LogP contribution is 2.27. The number of aryl methyl sites for hydroxylation is 1. The Labute approximate surface area is 111 Å². The van der Waals surface area contributed by atoms with E-state index in [1.54, 1.807) is 0 Å². The third kappa shape index (κ3) is 3.40. The average Bonchev–Trinajstić information content (AvgIpc) is 2.65. The third-order valence-corrected chi connectivity index (χ3v) is 3.91. The van der Waals surface area contributed by atoms with Gasteiger partial charge in [0, 0.05) is 5.38 Å². The first-order valence-electron chi connectivity index (χ1n) is 5.63. The van der Waals surface area contributed by atoms with Gasteiger partial charge in [-0.2, -0.15) is 0 Å². The molecule has 0 unspecified atom stereocenters. The standard InChI is InChI=1S/C11H17N3OS.ClH/c1-8-7-16-10(13-8)14-9(15)11(12)5-3-2-4-6-11;/h7H,2-6,12H2,1H3,(H,13,14,15);1H. The minimum atomic E-state index is -0.683. The number of nitrogens with two attached hydrogens (primary N) is 1. The summed E-state index contributed by atoms with van der Waals surface area (Å²) < 4.78 is 0. The third-order valence-electron chi connectivity index (χ3n) is 3.04. The Hall–Kier alpha value is -0.650. The van der Waals surface area contributed by atoms with Gasteiger partial charge in [0.05, 0.1) is 11.2 Å². The van der Waals surface area contributed by atoms with Crippen LogP contribution in [0.15, 0.2) is 5.38 Å². The van der Waals surface area contributed by atoms with E-state index in [2.05, 4.69) is 10.3 Å². The fourth-order valence-electron chi connectivity index (χ4n) is 2.04. The minimum absolute atomic E-state index is 0. The molecule has 2 rings (SSSR count). The Morgan fingerprint density at radius 3 is 2.65 bits per heavy atom. The van der Waals surface area contributed by atoms with E-state index < -0.39 is 5.54 Å². The van der Waals surface area contributed by atoms with Crippen molar-refractivity contribution in [1.82, 2.24) is 4.98 Å². The van der Waals surface area contributed by atoms with Gasteiger partial charge in [0.1, 0.15) is 0 Å². The van der Waals surface area contributed by atoms with Crippen LogP contribution in [0.1, 0.15) is 37.8 Å². The maximum atomic E-state index is 12.0. The summed E-state index contributed by atoms with van der Waals surface area (Å²) in [6, 6.07) is 0. The first-order valence-corrected chi connectivity index (χ1v) is 6.51. The number of aromatic nitrogens is 1. The first-order chi connectivity index (χ1) is 7.60. The summed E-state index contributed by atoms with van der Waals surface area (Å²) in [4.78, 5) is 16.2. The molecule has 1 aliphatic rings. The van der Waals surface area contributed by atoms with Gasteiger partial charge in [-0.1, -0.05) is 19.3 Å². The molecule has 0 aromatic carbocycles. The number of nitrogens with zero attached hydrogens (tertiary/aromatic N) is 1. The Bertz CT molecular complexity index is 388. The summed E-state index contributed by atoms with van der Waals surface area (Å²) in [5.41, 5.74) is 6.37. The Kier molecular flexibility index (Phi) is 4.91. The molecule has 0 spiro atoms. The molecule has 0 bridgehead atoms. The molecule has 4 nitrogen and oxygen atoms in total. The highest BCUT2D eigenvalue weighted by atomic mass is 35.5. The van der Waals surface area contributed by atoms with Gasteiger partial charge in [-0.15, -0.1) is 23.7 Å². The number of carbonyl (C=O) groups is 1. The molecule has 0 atom stereocenters. The lowest BCUT2D eigenvalue weighted by Crippen LogP contribution is -2.52. The molecule has 96 valence electrons. The molecule has 1 aliphatic carbocycles. The van der Waals surface area contributed by atoms with Crippen LogP contribution in [0.2, 0.25) is 0 Å². The number of nitrogens with one attached hydrogen (secondary N) is 1. The fraction of sp³-hybridized carbons (Fsp3) is 0.636. The first kappa shape index (κ1) is 14.4. The molecule has 1 amide bonds. The monoisotopic (exact) mass is 275 g/mol. The summed E-state index contributed by atoms with van der Waals surface area (Å²) in [5.74, 6) is -0.0819. The lowest BCUT2D eigenvalue weighted by atomic mass is 9.82. The number of amides is 1. The summed E-state index contributed by atoms with van der Waals surface area (Å²) in [6.45, 7) is 1.91. The number of hydrogen-bond donors (Lipinski definition) is 2. The SMILES string of the molecule is Cc1csc(NC(=O)C2(N)CCCCC2)n1.Cl. The van der Waals surface area contributed by atoms with Crippen LogP contribution in [0.3, 0.4) is 0 Å². The molecule has 1 aromatic rings. The quantitative estimate of drug-likeness (QED) is 0.871. The lowest BCUT2D eigenvalue weighted by molar-refractivity contribution is -0.122. The smallest absolute Gasteiger partial charge is 0.246 e. The van der Waals surface area contributed by atoms with Crippen LogP contribution in [0, 0.1) is 6.92 Å². The van der Waals surface area contributed by atoms with E-state index >= 15 is 0 Å². The Balaban J connectivity index is 0.00000144. The second-order valence-electron chi connectivity index (χ2n) is 4.46. The van der Waals surface area contributed by atoms with Crippen molar-refractivity contribution < 1.29 is 4.79 Å². The molecule has 3 N–H and O–H groups in total. The van der Waals surface area contributed by atoms with E-state index in [1.807, 2.05) is 12.3 Å². The molecule has 6 heteroatoms. The van der Waals surface area contributed by atoms with Crippen molar-refractivity contribution in [2.75, 3.05) is 5.32 Å². The van der Waals surface area contributed by atoms with Crippen molar-refractivity contribution in [3.05, 3.63) is 11.1 Å². The molecular weight excluding hydrogens is 258 g/mol. The van der Waals surface area contributed by atoms with Gasteiger partial charge >= 0.3 is 0 Å². The zero-order valence-electron chi connectivity index (χ0n) is 9.86. The van der Waals surface area contributed by atoms with Crippen molar-refractivity contribution in [2.45, 2.75) is 44.6 Å². The zero-order valence-corrected chi connectivity index (χ0v) is 11.5. The summed E-state index contributed by atoms with van der Waals surface area (Å²) in [6.07, 6.45) is 4.83. The summed E-state index contributed by atoms with van der Waals surface area (Å²) >= 11 is 1.44. The molecule has 1 fully saturated rings. The molecule has 1 aromatic heterocycles. The number of anilines is 1. The number of thiazole rings is 1. The molecule has 17 heavy (non-hydrogen) atoms. The second kappa shape index (κ2) is 5.80. The van der Waals surface area contributed by atoms with Crippen LogP contribution in [0.25, 0.3) is 0 Å². The van der Waals surface area contributed by atoms with Gasteiger partial charge in [0.25, 0.3) is 0 Å². The minimum Gasteiger partial charge on any atom is -0.317 e. The van der Waals surface area contributed by atoms with Gasteiger partial charge in [-0.05, 0) is 19.8 Å². The lowest BCUT2D eigenvalue weighted by Gasteiger charge is -2.31.